The molecule has 4 heteroatoms. The number of hydrogen-bond donors (Lipinski definition) is 1. The molecule has 1 atom stereocenters. The quantitative estimate of drug-likeness (QED) is 0.945. The van der Waals surface area contributed by atoms with Crippen LogP contribution in [0.3, 0.4) is 0 Å². The van der Waals surface area contributed by atoms with E-state index in [0.29, 0.717) is 22.4 Å². The SMILES string of the molecule is COc1ccc([C@@H](O)C2=CC(=O)c3ccccc3C2=O)cc1. The number of hydrogen-bond acceptors (Lipinski definition) is 4. The van der Waals surface area contributed by atoms with E-state index >= 15 is 0 Å². The second kappa shape index (κ2) is 5.58. The van der Waals surface area contributed by atoms with Crippen LogP contribution in [0.5, 0.6) is 5.75 Å². The summed E-state index contributed by atoms with van der Waals surface area (Å²) in [6.07, 6.45) is 0.0789. The van der Waals surface area contributed by atoms with Gasteiger partial charge in [0.2, 0.25) is 0 Å². The fourth-order valence-electron chi connectivity index (χ4n) is 2.50. The van der Waals surface area contributed by atoms with Crippen LogP contribution in [0.25, 0.3) is 0 Å². The fraction of sp³-hybridized carbons (Fsp3) is 0.111. The van der Waals surface area contributed by atoms with Gasteiger partial charge in [-0.1, -0.05) is 36.4 Å². The summed E-state index contributed by atoms with van der Waals surface area (Å²) in [7, 11) is 1.55. The Bertz CT molecular complexity index is 772. The van der Waals surface area contributed by atoms with Crippen molar-refractivity contribution in [3.05, 3.63) is 76.9 Å². The highest BCUT2D eigenvalue weighted by atomic mass is 16.5. The van der Waals surface area contributed by atoms with Gasteiger partial charge in [-0.3, -0.25) is 9.59 Å². The van der Waals surface area contributed by atoms with Crippen LogP contribution in [-0.4, -0.2) is 23.8 Å². The van der Waals surface area contributed by atoms with Gasteiger partial charge in [0, 0.05) is 16.7 Å². The Labute approximate surface area is 127 Å². The van der Waals surface area contributed by atoms with Crippen molar-refractivity contribution in [2.45, 2.75) is 6.10 Å². The number of methoxy groups -OCH3 is 1. The largest absolute Gasteiger partial charge is 0.497 e. The van der Waals surface area contributed by atoms with Crippen LogP contribution in [0.2, 0.25) is 0 Å². The number of aliphatic hydroxyl groups excluding tert-OH is 1. The van der Waals surface area contributed by atoms with Gasteiger partial charge in [0.05, 0.1) is 7.11 Å². The second-order valence-electron chi connectivity index (χ2n) is 5.01. The van der Waals surface area contributed by atoms with Crippen molar-refractivity contribution in [1.82, 2.24) is 0 Å². The molecule has 2 aromatic rings. The van der Waals surface area contributed by atoms with Gasteiger partial charge in [-0.25, -0.2) is 0 Å². The summed E-state index contributed by atoms with van der Waals surface area (Å²) in [5.41, 5.74) is 1.33. The summed E-state index contributed by atoms with van der Waals surface area (Å²) < 4.78 is 5.06. The molecule has 3 rings (SSSR count). The van der Waals surface area contributed by atoms with Crippen molar-refractivity contribution in [3.8, 4) is 5.75 Å². The molecule has 0 aliphatic heterocycles. The van der Waals surface area contributed by atoms with Crippen LogP contribution >= 0.6 is 0 Å². The summed E-state index contributed by atoms with van der Waals surface area (Å²) in [5.74, 6) is 0.0672. The van der Waals surface area contributed by atoms with Crippen molar-refractivity contribution in [1.29, 1.82) is 0 Å². The Morgan fingerprint density at radius 3 is 2.23 bits per heavy atom. The maximum atomic E-state index is 12.5. The molecule has 0 amide bonds. The molecule has 0 radical (unpaired) electrons. The Balaban J connectivity index is 1.97. The van der Waals surface area contributed by atoms with E-state index in [4.69, 9.17) is 4.74 Å². The number of carbonyl (C=O) groups is 2. The van der Waals surface area contributed by atoms with E-state index in [1.165, 1.54) is 6.08 Å². The number of Topliss-reactive ketones (excluding diaryl/α,β-unsaturated/α-hetero) is 1. The first-order chi connectivity index (χ1) is 10.6. The van der Waals surface area contributed by atoms with Gasteiger partial charge in [0.25, 0.3) is 0 Å². The molecule has 0 heterocycles. The van der Waals surface area contributed by atoms with E-state index in [1.54, 1.807) is 55.6 Å². The van der Waals surface area contributed by atoms with Crippen molar-refractivity contribution in [2.24, 2.45) is 0 Å². The molecular weight excluding hydrogens is 280 g/mol. The highest BCUT2D eigenvalue weighted by molar-refractivity contribution is 6.24. The van der Waals surface area contributed by atoms with E-state index < -0.39 is 6.10 Å². The molecular formula is C18H14O4. The molecule has 0 fully saturated rings. The molecule has 1 N–H and O–H groups in total. The normalized spacial score (nSPS) is 15.1. The van der Waals surface area contributed by atoms with Crippen molar-refractivity contribution in [2.75, 3.05) is 7.11 Å². The van der Waals surface area contributed by atoms with Gasteiger partial charge < -0.3 is 9.84 Å². The molecule has 0 saturated carbocycles. The molecule has 0 spiro atoms. The lowest BCUT2D eigenvalue weighted by atomic mass is 9.85. The summed E-state index contributed by atoms with van der Waals surface area (Å²) in [4.78, 5) is 24.6. The number of allylic oxidation sites excluding steroid dienone is 1. The minimum Gasteiger partial charge on any atom is -0.497 e. The number of rotatable bonds is 3. The zero-order chi connectivity index (χ0) is 15.7. The van der Waals surface area contributed by atoms with Crippen molar-refractivity contribution < 1.29 is 19.4 Å². The van der Waals surface area contributed by atoms with E-state index in [-0.39, 0.29) is 17.1 Å². The average Bonchev–Trinajstić information content (AvgIpc) is 2.57. The number of carbonyl (C=O) groups excluding carboxylic acids is 2. The maximum absolute atomic E-state index is 12.5. The third-order valence-corrected chi connectivity index (χ3v) is 3.71. The van der Waals surface area contributed by atoms with Crippen LogP contribution < -0.4 is 4.74 Å². The summed E-state index contributed by atoms with van der Waals surface area (Å²) in [6, 6.07) is 13.4. The monoisotopic (exact) mass is 294 g/mol. The number of aliphatic hydroxyl groups is 1. The van der Waals surface area contributed by atoms with Crippen molar-refractivity contribution >= 4 is 11.6 Å². The van der Waals surface area contributed by atoms with Gasteiger partial charge >= 0.3 is 0 Å². The molecule has 0 bridgehead atoms. The predicted octanol–water partition coefficient (Wildman–Crippen LogP) is 2.73. The molecule has 1 aliphatic rings. The Morgan fingerprint density at radius 1 is 0.955 bits per heavy atom. The van der Waals surface area contributed by atoms with E-state index in [1.807, 2.05) is 0 Å². The number of fused-ring (bicyclic) bond motifs is 1. The first-order valence-electron chi connectivity index (χ1n) is 6.83. The molecule has 22 heavy (non-hydrogen) atoms. The molecule has 0 aromatic heterocycles. The number of ether oxygens (including phenoxy) is 1. The molecule has 4 nitrogen and oxygen atoms in total. The Hall–Kier alpha value is -2.72. The van der Waals surface area contributed by atoms with E-state index in [0.717, 1.165) is 0 Å². The topological polar surface area (TPSA) is 63.6 Å². The standard InChI is InChI=1S/C18H14O4/c1-22-12-8-6-11(7-9-12)17(20)15-10-16(19)13-4-2-3-5-14(13)18(15)21/h2-10,17,20H,1H3/t17-/m1/s1. The van der Waals surface area contributed by atoms with Crippen LogP contribution in [0.4, 0.5) is 0 Å². The first kappa shape index (κ1) is 14.2. The minimum absolute atomic E-state index is 0.0915. The van der Waals surface area contributed by atoms with Crippen LogP contribution in [-0.2, 0) is 0 Å². The van der Waals surface area contributed by atoms with Gasteiger partial charge in [0.1, 0.15) is 11.9 Å². The summed E-state index contributed by atoms with van der Waals surface area (Å²) in [5, 5.41) is 10.4. The van der Waals surface area contributed by atoms with E-state index in [9.17, 15) is 14.7 Å². The molecule has 0 unspecified atom stereocenters. The van der Waals surface area contributed by atoms with Gasteiger partial charge in [-0.2, -0.15) is 0 Å². The third kappa shape index (κ3) is 2.34. The van der Waals surface area contributed by atoms with Crippen molar-refractivity contribution in [3.63, 3.8) is 0 Å². The second-order valence-corrected chi connectivity index (χ2v) is 5.01. The lowest BCUT2D eigenvalue weighted by Crippen LogP contribution is -2.21. The zero-order valence-corrected chi connectivity index (χ0v) is 11.9. The lowest BCUT2D eigenvalue weighted by molar-refractivity contribution is 0.0947. The molecule has 110 valence electrons. The zero-order valence-electron chi connectivity index (χ0n) is 11.9. The highest BCUT2D eigenvalue weighted by Crippen LogP contribution is 2.30. The van der Waals surface area contributed by atoms with Gasteiger partial charge in [-0.15, -0.1) is 0 Å². The number of ketones is 2. The van der Waals surface area contributed by atoms with Gasteiger partial charge in [-0.05, 0) is 23.8 Å². The Kier molecular flexibility index (Phi) is 3.61. The third-order valence-electron chi connectivity index (χ3n) is 3.71. The predicted molar refractivity (Wildman–Crippen MR) is 81.1 cm³/mol. The molecule has 2 aromatic carbocycles. The number of benzene rings is 2. The lowest BCUT2D eigenvalue weighted by Gasteiger charge is -2.19. The molecule has 0 saturated heterocycles. The summed E-state index contributed by atoms with van der Waals surface area (Å²) >= 11 is 0. The highest BCUT2D eigenvalue weighted by Gasteiger charge is 2.29. The summed E-state index contributed by atoms with van der Waals surface area (Å²) in [6.45, 7) is 0. The average molecular weight is 294 g/mol. The van der Waals surface area contributed by atoms with Crippen LogP contribution in [0.15, 0.2) is 60.2 Å². The minimum atomic E-state index is -1.14. The van der Waals surface area contributed by atoms with E-state index in [2.05, 4.69) is 0 Å². The first-order valence-corrected chi connectivity index (χ1v) is 6.83. The molecule has 1 aliphatic carbocycles. The van der Waals surface area contributed by atoms with Crippen LogP contribution in [0, 0.1) is 0 Å². The fourth-order valence-corrected chi connectivity index (χ4v) is 2.50. The smallest absolute Gasteiger partial charge is 0.192 e. The Morgan fingerprint density at radius 2 is 1.59 bits per heavy atom. The maximum Gasteiger partial charge on any atom is 0.192 e. The van der Waals surface area contributed by atoms with Gasteiger partial charge in [0.15, 0.2) is 11.6 Å². The van der Waals surface area contributed by atoms with Crippen LogP contribution in [0.1, 0.15) is 32.4 Å².